The lowest BCUT2D eigenvalue weighted by Gasteiger charge is -2.24. The molecule has 1 aliphatic rings. The first kappa shape index (κ1) is 16.4. The molecule has 1 atom stereocenters. The van der Waals surface area contributed by atoms with Crippen molar-refractivity contribution in [3.63, 3.8) is 0 Å². The third kappa shape index (κ3) is 1.98. The Bertz CT molecular complexity index is 1040. The topological polar surface area (TPSA) is 131 Å². The second-order valence-corrected chi connectivity index (χ2v) is 5.37. The molecule has 0 N–H and O–H groups in total. The van der Waals surface area contributed by atoms with E-state index in [9.17, 15) is 24.5 Å². The van der Waals surface area contributed by atoms with Gasteiger partial charge in [-0.25, -0.2) is 23.9 Å². The van der Waals surface area contributed by atoms with Crippen LogP contribution in [0.3, 0.4) is 0 Å². The van der Waals surface area contributed by atoms with Crippen LogP contribution in [0.5, 0.6) is 0 Å². The van der Waals surface area contributed by atoms with E-state index in [0.29, 0.717) is 0 Å². The summed E-state index contributed by atoms with van der Waals surface area (Å²) in [7, 11) is 2.39. The Labute approximate surface area is 139 Å². The van der Waals surface area contributed by atoms with Crippen LogP contribution in [-0.2, 0) is 22.2 Å². The van der Waals surface area contributed by atoms with E-state index in [1.54, 1.807) is 0 Å². The van der Waals surface area contributed by atoms with Crippen molar-refractivity contribution in [1.29, 1.82) is 0 Å². The number of nitrogens with zero attached hydrogens (tertiary/aromatic N) is 5. The summed E-state index contributed by atoms with van der Waals surface area (Å²) in [6.07, 6.45) is 0. The predicted octanol–water partition coefficient (Wildman–Crippen LogP) is -0.589. The summed E-state index contributed by atoms with van der Waals surface area (Å²) in [6, 6.07) is 4.95. The normalized spacial score (nSPS) is 18.6. The van der Waals surface area contributed by atoms with E-state index in [4.69, 9.17) is 4.74 Å². The van der Waals surface area contributed by atoms with Gasteiger partial charge >= 0.3 is 17.3 Å². The molecule has 1 unspecified atom stereocenters. The van der Waals surface area contributed by atoms with Crippen molar-refractivity contribution in [2.45, 2.75) is 12.6 Å². The highest BCUT2D eigenvalue weighted by atomic mass is 16.6. The minimum absolute atomic E-state index is 0.117. The van der Waals surface area contributed by atoms with E-state index in [2.05, 4.69) is 4.99 Å². The Balaban J connectivity index is 2.38. The van der Waals surface area contributed by atoms with Crippen LogP contribution in [0, 0.1) is 10.1 Å². The monoisotopic (exact) mass is 347 g/mol. The molecule has 2 aromatic rings. The molecule has 0 amide bonds. The molecule has 0 saturated heterocycles. The first-order chi connectivity index (χ1) is 11.8. The molecule has 0 aliphatic carbocycles. The van der Waals surface area contributed by atoms with Gasteiger partial charge in [-0.3, -0.25) is 10.1 Å². The van der Waals surface area contributed by atoms with E-state index >= 15 is 0 Å². The second kappa shape index (κ2) is 5.26. The number of hydrogen-bond donors (Lipinski definition) is 0. The van der Waals surface area contributed by atoms with Crippen molar-refractivity contribution in [3.8, 4) is 0 Å². The number of carbonyl (C=O) groups is 1. The Morgan fingerprint density at radius 1 is 1.24 bits per heavy atom. The number of ether oxygens (including phenoxy) is 1. The Morgan fingerprint density at radius 2 is 1.84 bits per heavy atom. The molecule has 3 rings (SSSR count). The van der Waals surface area contributed by atoms with E-state index in [0.717, 1.165) is 21.0 Å². The van der Waals surface area contributed by atoms with Gasteiger partial charge in [0.05, 0.1) is 12.0 Å². The summed E-state index contributed by atoms with van der Waals surface area (Å²) in [5.41, 5.74) is -3.44. The fourth-order valence-electron chi connectivity index (χ4n) is 2.83. The largest absolute Gasteiger partial charge is 0.465 e. The van der Waals surface area contributed by atoms with Gasteiger partial charge in [-0.1, -0.05) is 0 Å². The smallest absolute Gasteiger partial charge is 0.361 e. The average Bonchev–Trinajstić information content (AvgIpc) is 3.04. The third-order valence-electron chi connectivity index (χ3n) is 4.02. The highest BCUT2D eigenvalue weighted by Gasteiger charge is 2.51. The van der Waals surface area contributed by atoms with E-state index in [1.165, 1.54) is 38.2 Å². The molecule has 0 bridgehead atoms. The number of non-ortho nitro benzene ring substituents is 1. The van der Waals surface area contributed by atoms with Gasteiger partial charge in [0, 0.05) is 24.7 Å². The summed E-state index contributed by atoms with van der Waals surface area (Å²) >= 11 is 0. The van der Waals surface area contributed by atoms with Crippen molar-refractivity contribution in [2.24, 2.45) is 12.0 Å². The number of carbonyl (C=O) groups excluding carboxylic acids is 1. The molecule has 1 aliphatic heterocycles. The molecule has 2 heterocycles. The van der Waals surface area contributed by atoms with Crippen LogP contribution >= 0.6 is 0 Å². The predicted molar refractivity (Wildman–Crippen MR) is 84.6 cm³/mol. The van der Waals surface area contributed by atoms with Gasteiger partial charge in [-0.05, 0) is 19.1 Å². The molecule has 1 aromatic carbocycles. The SMILES string of the molecule is COC(=O)C1(c2ccc([N+](=O)[O-])cc2)N=C(C)n2c(=O)n(C)c(=O)n21. The van der Waals surface area contributed by atoms with Crippen molar-refractivity contribution in [2.75, 3.05) is 7.11 Å². The zero-order chi connectivity index (χ0) is 18.5. The summed E-state index contributed by atoms with van der Waals surface area (Å²) in [5, 5.41) is 10.8. The number of fused-ring (bicyclic) bond motifs is 1. The van der Waals surface area contributed by atoms with Crippen LogP contribution in [0.25, 0.3) is 0 Å². The number of nitro benzene ring substituents is 1. The van der Waals surface area contributed by atoms with Crippen LogP contribution in [0.2, 0.25) is 0 Å². The third-order valence-corrected chi connectivity index (χ3v) is 4.02. The number of nitro groups is 1. The minimum Gasteiger partial charge on any atom is -0.465 e. The molecule has 0 radical (unpaired) electrons. The molecule has 0 saturated carbocycles. The maximum absolute atomic E-state index is 12.6. The lowest BCUT2D eigenvalue weighted by Crippen LogP contribution is -2.47. The number of esters is 1. The first-order valence-corrected chi connectivity index (χ1v) is 7.07. The maximum Gasteiger partial charge on any atom is 0.361 e. The van der Waals surface area contributed by atoms with E-state index in [-0.39, 0.29) is 17.1 Å². The molecule has 1 aromatic heterocycles. The Morgan fingerprint density at radius 3 is 2.36 bits per heavy atom. The van der Waals surface area contributed by atoms with Crippen LogP contribution in [0.4, 0.5) is 5.69 Å². The van der Waals surface area contributed by atoms with Gasteiger partial charge in [0.1, 0.15) is 5.84 Å². The highest BCUT2D eigenvalue weighted by molar-refractivity contribution is 5.92. The van der Waals surface area contributed by atoms with Crippen molar-refractivity contribution < 1.29 is 14.5 Å². The fraction of sp³-hybridized carbons (Fsp3) is 0.286. The first-order valence-electron chi connectivity index (χ1n) is 7.07. The maximum atomic E-state index is 12.6. The molecule has 0 spiro atoms. The average molecular weight is 347 g/mol. The summed E-state index contributed by atoms with van der Waals surface area (Å²) in [4.78, 5) is 51.8. The number of hydrogen-bond acceptors (Lipinski definition) is 7. The lowest BCUT2D eigenvalue weighted by atomic mass is 10.00. The molecule has 11 heteroatoms. The van der Waals surface area contributed by atoms with Gasteiger partial charge in [0.25, 0.3) is 11.4 Å². The number of benzene rings is 1. The summed E-state index contributed by atoms with van der Waals surface area (Å²) in [5.74, 6) is -0.786. The van der Waals surface area contributed by atoms with Gasteiger partial charge in [0.2, 0.25) is 0 Å². The van der Waals surface area contributed by atoms with Crippen LogP contribution < -0.4 is 11.4 Å². The summed E-state index contributed by atoms with van der Waals surface area (Å²) < 4.78 is 7.51. The summed E-state index contributed by atoms with van der Waals surface area (Å²) in [6.45, 7) is 1.47. The zero-order valence-corrected chi connectivity index (χ0v) is 13.5. The fourth-order valence-corrected chi connectivity index (χ4v) is 2.83. The lowest BCUT2D eigenvalue weighted by molar-refractivity contribution is -0.384. The molecule has 11 nitrogen and oxygen atoms in total. The van der Waals surface area contributed by atoms with Gasteiger partial charge in [0.15, 0.2) is 0 Å². The van der Waals surface area contributed by atoms with Crippen LogP contribution in [0.15, 0.2) is 38.8 Å². The van der Waals surface area contributed by atoms with Gasteiger partial charge in [-0.2, -0.15) is 9.36 Å². The number of aliphatic imine (C=N–C) groups is 1. The standard InChI is InChI=1S/C14H13N5O6/c1-8-15-14(11(20)25-3,9-4-6-10(7-5-9)19(23)24)18-13(22)16(2)12(21)17(8)18/h4-7H,1-3H3. The Hall–Kier alpha value is -3.50. The number of rotatable bonds is 3. The molecule has 0 fully saturated rings. The minimum atomic E-state index is -1.97. The van der Waals surface area contributed by atoms with Crippen LogP contribution in [-0.4, -0.2) is 37.8 Å². The molecule has 130 valence electrons. The Kier molecular flexibility index (Phi) is 3.44. The number of methoxy groups -OCH3 is 1. The number of aromatic nitrogens is 3. The molecular formula is C14H13N5O6. The molecular weight excluding hydrogens is 334 g/mol. The van der Waals surface area contributed by atoms with E-state index < -0.39 is 27.9 Å². The quantitative estimate of drug-likeness (QED) is 0.414. The van der Waals surface area contributed by atoms with Crippen molar-refractivity contribution >= 4 is 17.5 Å². The highest BCUT2D eigenvalue weighted by Crippen LogP contribution is 2.33. The van der Waals surface area contributed by atoms with Crippen molar-refractivity contribution in [1.82, 2.24) is 13.9 Å². The second-order valence-electron chi connectivity index (χ2n) is 5.37. The van der Waals surface area contributed by atoms with Gasteiger partial charge in [-0.15, -0.1) is 0 Å². The van der Waals surface area contributed by atoms with Crippen LogP contribution in [0.1, 0.15) is 12.5 Å². The van der Waals surface area contributed by atoms with Crippen molar-refractivity contribution in [3.05, 3.63) is 60.9 Å². The zero-order valence-electron chi connectivity index (χ0n) is 13.5. The van der Waals surface area contributed by atoms with E-state index in [1.807, 2.05) is 0 Å². The molecule has 25 heavy (non-hydrogen) atoms. The van der Waals surface area contributed by atoms with Gasteiger partial charge < -0.3 is 4.74 Å².